The van der Waals surface area contributed by atoms with E-state index in [0.29, 0.717) is 12.0 Å². The first-order chi connectivity index (χ1) is 10.8. The van der Waals surface area contributed by atoms with E-state index in [1.807, 2.05) is 11.8 Å². The van der Waals surface area contributed by atoms with Crippen LogP contribution in [0.5, 0.6) is 0 Å². The molecule has 114 valence electrons. The fourth-order valence-electron chi connectivity index (χ4n) is 4.03. The summed E-state index contributed by atoms with van der Waals surface area (Å²) in [4.78, 5) is 4.02. The molecule has 0 saturated carbocycles. The molecule has 2 aliphatic heterocycles. The molecule has 0 bridgehead atoms. The van der Waals surface area contributed by atoms with Gasteiger partial charge in [0.2, 0.25) is 0 Å². The second-order valence-electron chi connectivity index (χ2n) is 6.22. The van der Waals surface area contributed by atoms with Gasteiger partial charge in [-0.15, -0.1) is 11.8 Å². The first-order valence-corrected chi connectivity index (χ1v) is 9.96. The first-order valence-electron chi connectivity index (χ1n) is 7.94. The van der Waals surface area contributed by atoms with E-state index in [9.17, 15) is 0 Å². The topological polar surface area (TPSA) is 3.24 Å². The molecule has 1 fully saturated rings. The summed E-state index contributed by atoms with van der Waals surface area (Å²) in [7, 11) is 0. The monoisotopic (exact) mass is 373 g/mol. The number of thioether (sulfide) groups is 1. The van der Waals surface area contributed by atoms with Crippen LogP contribution in [-0.2, 0) is 0 Å². The predicted octanol–water partition coefficient (Wildman–Crippen LogP) is 5.45. The quantitative estimate of drug-likeness (QED) is 0.643. The summed E-state index contributed by atoms with van der Waals surface area (Å²) in [6.45, 7) is 2.40. The highest BCUT2D eigenvalue weighted by atomic mass is 79.9. The SMILES string of the molecule is CSc1ccc([C@@H]2CN3CCC[C@@H]3c3c(Br)cccc32)cc1. The summed E-state index contributed by atoms with van der Waals surface area (Å²) in [5.74, 6) is 0.498. The smallest absolute Gasteiger partial charge is 0.0363 e. The van der Waals surface area contributed by atoms with E-state index in [1.54, 1.807) is 0 Å². The molecule has 0 N–H and O–H groups in total. The number of halogens is 1. The molecule has 0 spiro atoms. The number of nitrogens with zero attached hydrogens (tertiary/aromatic N) is 1. The van der Waals surface area contributed by atoms with Crippen LogP contribution in [0.4, 0.5) is 0 Å². The Kier molecular flexibility index (Phi) is 4.05. The molecule has 2 heterocycles. The van der Waals surface area contributed by atoms with Crippen molar-refractivity contribution in [2.45, 2.75) is 29.7 Å². The highest BCUT2D eigenvalue weighted by Gasteiger charge is 2.37. The Morgan fingerprint density at radius 3 is 2.73 bits per heavy atom. The van der Waals surface area contributed by atoms with Gasteiger partial charge in [-0.05, 0) is 60.5 Å². The van der Waals surface area contributed by atoms with E-state index in [4.69, 9.17) is 0 Å². The second kappa shape index (κ2) is 6.03. The minimum Gasteiger partial charge on any atom is -0.295 e. The molecule has 22 heavy (non-hydrogen) atoms. The van der Waals surface area contributed by atoms with Gasteiger partial charge >= 0.3 is 0 Å². The fraction of sp³-hybridized carbons (Fsp3) is 0.368. The number of hydrogen-bond acceptors (Lipinski definition) is 2. The molecule has 3 heteroatoms. The van der Waals surface area contributed by atoms with Crippen molar-refractivity contribution in [3.8, 4) is 0 Å². The molecule has 0 aliphatic carbocycles. The van der Waals surface area contributed by atoms with Crippen molar-refractivity contribution in [3.05, 3.63) is 63.6 Å². The minimum atomic E-state index is 0.498. The lowest BCUT2D eigenvalue weighted by Gasteiger charge is -2.38. The Labute approximate surface area is 145 Å². The van der Waals surface area contributed by atoms with Gasteiger partial charge in [0.15, 0.2) is 0 Å². The number of hydrogen-bond donors (Lipinski definition) is 0. The van der Waals surface area contributed by atoms with Crippen molar-refractivity contribution in [1.29, 1.82) is 0 Å². The van der Waals surface area contributed by atoms with Gasteiger partial charge in [-0.3, -0.25) is 4.90 Å². The van der Waals surface area contributed by atoms with Crippen LogP contribution in [0.15, 0.2) is 51.8 Å². The average molecular weight is 374 g/mol. The summed E-state index contributed by atoms with van der Waals surface area (Å²) in [6.07, 6.45) is 4.76. The molecule has 2 atom stereocenters. The zero-order valence-electron chi connectivity index (χ0n) is 12.8. The van der Waals surface area contributed by atoms with Crippen molar-refractivity contribution >= 4 is 27.7 Å². The van der Waals surface area contributed by atoms with Crippen molar-refractivity contribution in [1.82, 2.24) is 4.90 Å². The van der Waals surface area contributed by atoms with Gasteiger partial charge < -0.3 is 0 Å². The van der Waals surface area contributed by atoms with E-state index in [0.717, 1.165) is 6.54 Å². The largest absolute Gasteiger partial charge is 0.295 e. The summed E-state index contributed by atoms with van der Waals surface area (Å²) < 4.78 is 1.28. The minimum absolute atomic E-state index is 0.498. The van der Waals surface area contributed by atoms with Gasteiger partial charge in [0.25, 0.3) is 0 Å². The summed E-state index contributed by atoms with van der Waals surface area (Å²) in [5.41, 5.74) is 4.50. The maximum absolute atomic E-state index is 3.81. The van der Waals surface area contributed by atoms with Crippen molar-refractivity contribution in [2.75, 3.05) is 19.3 Å². The van der Waals surface area contributed by atoms with Crippen LogP contribution < -0.4 is 0 Å². The third-order valence-corrected chi connectivity index (χ3v) is 6.53. The van der Waals surface area contributed by atoms with Gasteiger partial charge in [0, 0.05) is 27.9 Å². The standard InChI is InChI=1S/C19H20BrNS/c1-22-14-9-7-13(8-10-14)16-12-21-11-3-6-18(21)19-15(16)4-2-5-17(19)20/h2,4-5,7-10,16,18H,3,6,11-12H2,1H3/t16-,18+/m0/s1. The fourth-order valence-corrected chi connectivity index (χ4v) is 5.09. The Morgan fingerprint density at radius 1 is 1.14 bits per heavy atom. The van der Waals surface area contributed by atoms with E-state index in [1.165, 1.54) is 45.4 Å². The number of rotatable bonds is 2. The van der Waals surface area contributed by atoms with E-state index < -0.39 is 0 Å². The van der Waals surface area contributed by atoms with E-state index in [2.05, 4.69) is 69.6 Å². The highest BCUT2D eigenvalue weighted by molar-refractivity contribution is 9.10. The highest BCUT2D eigenvalue weighted by Crippen LogP contribution is 2.46. The van der Waals surface area contributed by atoms with Gasteiger partial charge in [0.1, 0.15) is 0 Å². The maximum Gasteiger partial charge on any atom is 0.0363 e. The normalized spacial score (nSPS) is 24.1. The predicted molar refractivity (Wildman–Crippen MR) is 97.8 cm³/mol. The first kappa shape index (κ1) is 14.8. The molecule has 2 aromatic carbocycles. The molecule has 0 amide bonds. The molecule has 1 saturated heterocycles. The second-order valence-corrected chi connectivity index (χ2v) is 7.96. The van der Waals surface area contributed by atoms with E-state index >= 15 is 0 Å². The Morgan fingerprint density at radius 2 is 1.95 bits per heavy atom. The van der Waals surface area contributed by atoms with Crippen molar-refractivity contribution in [3.63, 3.8) is 0 Å². The molecule has 0 unspecified atom stereocenters. The Hall–Kier alpha value is -0.770. The molecule has 2 aliphatic rings. The van der Waals surface area contributed by atoms with Crippen LogP contribution in [0.1, 0.15) is 41.5 Å². The van der Waals surface area contributed by atoms with E-state index in [-0.39, 0.29) is 0 Å². The van der Waals surface area contributed by atoms with Crippen LogP contribution in [0.2, 0.25) is 0 Å². The number of benzene rings is 2. The van der Waals surface area contributed by atoms with Crippen LogP contribution in [0.25, 0.3) is 0 Å². The molecular weight excluding hydrogens is 354 g/mol. The summed E-state index contributed by atoms with van der Waals surface area (Å²) in [5, 5.41) is 0. The maximum atomic E-state index is 3.81. The van der Waals surface area contributed by atoms with Gasteiger partial charge in [-0.1, -0.05) is 40.2 Å². The van der Waals surface area contributed by atoms with Gasteiger partial charge in [-0.2, -0.15) is 0 Å². The summed E-state index contributed by atoms with van der Waals surface area (Å²) in [6, 6.07) is 16.5. The molecule has 0 aromatic heterocycles. The lowest BCUT2D eigenvalue weighted by Crippen LogP contribution is -2.34. The lowest BCUT2D eigenvalue weighted by molar-refractivity contribution is 0.229. The van der Waals surface area contributed by atoms with Crippen LogP contribution in [0.3, 0.4) is 0 Å². The third kappa shape index (κ3) is 2.44. The molecule has 0 radical (unpaired) electrons. The summed E-state index contributed by atoms with van der Waals surface area (Å²) >= 11 is 5.62. The molecule has 4 rings (SSSR count). The number of fused-ring (bicyclic) bond motifs is 3. The van der Waals surface area contributed by atoms with Crippen molar-refractivity contribution < 1.29 is 0 Å². The van der Waals surface area contributed by atoms with Crippen LogP contribution in [0, 0.1) is 0 Å². The van der Waals surface area contributed by atoms with Crippen molar-refractivity contribution in [2.24, 2.45) is 0 Å². The molecular formula is C19H20BrNS. The zero-order valence-corrected chi connectivity index (χ0v) is 15.2. The Balaban J connectivity index is 1.80. The van der Waals surface area contributed by atoms with Crippen LogP contribution >= 0.6 is 27.7 Å². The zero-order chi connectivity index (χ0) is 15.1. The Bertz CT molecular complexity index is 682. The molecule has 1 nitrogen and oxygen atoms in total. The van der Waals surface area contributed by atoms with Gasteiger partial charge in [-0.25, -0.2) is 0 Å². The van der Waals surface area contributed by atoms with Gasteiger partial charge in [0.05, 0.1) is 0 Å². The third-order valence-electron chi connectivity index (χ3n) is 5.09. The lowest BCUT2D eigenvalue weighted by atomic mass is 9.82. The van der Waals surface area contributed by atoms with Crippen LogP contribution in [-0.4, -0.2) is 24.2 Å². The average Bonchev–Trinajstić information content (AvgIpc) is 3.02. The molecule has 2 aromatic rings.